The summed E-state index contributed by atoms with van der Waals surface area (Å²) in [5.41, 5.74) is 2.33. The van der Waals surface area contributed by atoms with Crippen LogP contribution in [-0.4, -0.2) is 36.8 Å². The van der Waals surface area contributed by atoms with Gasteiger partial charge in [0, 0.05) is 30.8 Å². The van der Waals surface area contributed by atoms with Crippen molar-refractivity contribution in [2.75, 3.05) is 31.7 Å². The molecule has 5 nitrogen and oxygen atoms in total. The van der Waals surface area contributed by atoms with Gasteiger partial charge >= 0.3 is 0 Å². The van der Waals surface area contributed by atoms with Crippen LogP contribution in [0.1, 0.15) is 30.5 Å². The topological polar surface area (TPSA) is 47.5 Å². The van der Waals surface area contributed by atoms with Crippen molar-refractivity contribution in [1.29, 1.82) is 0 Å². The Bertz CT molecular complexity index is 729. The Labute approximate surface area is 149 Å². The number of hydrogen-bond acceptors (Lipinski definition) is 5. The van der Waals surface area contributed by atoms with E-state index in [-0.39, 0.29) is 0 Å². The maximum Gasteiger partial charge on any atom is 0.164 e. The van der Waals surface area contributed by atoms with Crippen molar-refractivity contribution in [1.82, 2.24) is 9.97 Å². The fourth-order valence-corrected chi connectivity index (χ4v) is 3.84. The standard InChI is InChI=1S/C20H25N3O2/c1-24-18-7-5-6-16-10-15(13-25-20(16)18)11-17-12-19(22-14-21-17)23-8-3-2-4-9-23/h5-7,12,14-15H,2-4,8-11,13H2,1H3/t15-/m0/s1. The number of nitrogens with zero attached hydrogens (tertiary/aromatic N) is 3. The van der Waals surface area contributed by atoms with Crippen molar-refractivity contribution in [2.24, 2.45) is 5.92 Å². The smallest absolute Gasteiger partial charge is 0.164 e. The normalized spacial score (nSPS) is 19.9. The monoisotopic (exact) mass is 339 g/mol. The zero-order valence-corrected chi connectivity index (χ0v) is 14.8. The van der Waals surface area contributed by atoms with Gasteiger partial charge in [-0.3, -0.25) is 0 Å². The molecule has 3 heterocycles. The lowest BCUT2D eigenvalue weighted by atomic mass is 9.92. The van der Waals surface area contributed by atoms with Crippen LogP contribution in [0.4, 0.5) is 5.82 Å². The molecule has 4 rings (SSSR count). The maximum atomic E-state index is 6.00. The number of rotatable bonds is 4. The Hall–Kier alpha value is -2.30. The minimum Gasteiger partial charge on any atom is -0.493 e. The number of fused-ring (bicyclic) bond motifs is 1. The number of para-hydroxylation sites is 1. The van der Waals surface area contributed by atoms with E-state index in [9.17, 15) is 0 Å². The van der Waals surface area contributed by atoms with Gasteiger partial charge in [-0.05, 0) is 43.7 Å². The zero-order chi connectivity index (χ0) is 17.1. The van der Waals surface area contributed by atoms with E-state index in [0.29, 0.717) is 12.5 Å². The van der Waals surface area contributed by atoms with E-state index in [1.54, 1.807) is 13.4 Å². The first kappa shape index (κ1) is 16.2. The van der Waals surface area contributed by atoms with Crippen LogP contribution >= 0.6 is 0 Å². The first-order valence-electron chi connectivity index (χ1n) is 9.18. The van der Waals surface area contributed by atoms with Gasteiger partial charge in [-0.1, -0.05) is 12.1 Å². The van der Waals surface area contributed by atoms with Gasteiger partial charge < -0.3 is 14.4 Å². The Morgan fingerprint density at radius 2 is 2.08 bits per heavy atom. The predicted octanol–water partition coefficient (Wildman–Crippen LogP) is 3.27. The number of benzene rings is 1. The van der Waals surface area contributed by atoms with E-state index in [0.717, 1.165) is 48.9 Å². The van der Waals surface area contributed by atoms with Gasteiger partial charge in [-0.25, -0.2) is 9.97 Å². The van der Waals surface area contributed by atoms with E-state index >= 15 is 0 Å². The van der Waals surface area contributed by atoms with Gasteiger partial charge in [0.1, 0.15) is 12.1 Å². The van der Waals surface area contributed by atoms with Crippen LogP contribution in [0.2, 0.25) is 0 Å². The third-order valence-electron chi connectivity index (χ3n) is 5.14. The van der Waals surface area contributed by atoms with Crippen LogP contribution in [0, 0.1) is 5.92 Å². The molecule has 1 aromatic heterocycles. The van der Waals surface area contributed by atoms with Gasteiger partial charge in [0.15, 0.2) is 11.5 Å². The van der Waals surface area contributed by atoms with E-state index in [4.69, 9.17) is 9.47 Å². The van der Waals surface area contributed by atoms with Gasteiger partial charge in [0.05, 0.1) is 13.7 Å². The summed E-state index contributed by atoms with van der Waals surface area (Å²) in [6.07, 6.45) is 7.47. The summed E-state index contributed by atoms with van der Waals surface area (Å²) in [5.74, 6) is 3.23. The number of ether oxygens (including phenoxy) is 2. The molecule has 0 radical (unpaired) electrons. The van der Waals surface area contributed by atoms with E-state index < -0.39 is 0 Å². The van der Waals surface area contributed by atoms with Crippen molar-refractivity contribution in [3.63, 3.8) is 0 Å². The van der Waals surface area contributed by atoms with Gasteiger partial charge in [0.25, 0.3) is 0 Å². The molecule has 2 aromatic rings. The van der Waals surface area contributed by atoms with Gasteiger partial charge in [0.2, 0.25) is 0 Å². The molecule has 2 aliphatic rings. The van der Waals surface area contributed by atoms with Crippen LogP contribution in [0.25, 0.3) is 0 Å². The number of aromatic nitrogens is 2. The Kier molecular flexibility index (Phi) is 4.72. The van der Waals surface area contributed by atoms with Crippen molar-refractivity contribution >= 4 is 5.82 Å². The van der Waals surface area contributed by atoms with Crippen LogP contribution in [0.15, 0.2) is 30.6 Å². The minimum atomic E-state index is 0.434. The second kappa shape index (κ2) is 7.30. The van der Waals surface area contributed by atoms with Crippen LogP contribution in [-0.2, 0) is 12.8 Å². The maximum absolute atomic E-state index is 6.00. The first-order valence-corrected chi connectivity index (χ1v) is 9.18. The average molecular weight is 339 g/mol. The summed E-state index contributed by atoms with van der Waals surface area (Å²) in [6.45, 7) is 2.92. The molecular weight excluding hydrogens is 314 g/mol. The Morgan fingerprint density at radius 3 is 2.92 bits per heavy atom. The predicted molar refractivity (Wildman–Crippen MR) is 97.5 cm³/mol. The van der Waals surface area contributed by atoms with Gasteiger partial charge in [-0.2, -0.15) is 0 Å². The molecule has 1 fully saturated rings. The molecular formula is C20H25N3O2. The number of anilines is 1. The van der Waals surface area contributed by atoms with Crippen LogP contribution in [0.3, 0.4) is 0 Å². The fraction of sp³-hybridized carbons (Fsp3) is 0.500. The highest BCUT2D eigenvalue weighted by Crippen LogP contribution is 2.36. The molecule has 25 heavy (non-hydrogen) atoms. The molecule has 0 N–H and O–H groups in total. The third-order valence-corrected chi connectivity index (χ3v) is 5.14. The molecule has 5 heteroatoms. The van der Waals surface area contributed by atoms with Crippen LogP contribution in [0.5, 0.6) is 11.5 Å². The van der Waals surface area contributed by atoms with Crippen molar-refractivity contribution in [2.45, 2.75) is 32.1 Å². The Balaban J connectivity index is 1.46. The summed E-state index contributed by atoms with van der Waals surface area (Å²) in [7, 11) is 1.69. The molecule has 0 bridgehead atoms. The minimum absolute atomic E-state index is 0.434. The highest BCUT2D eigenvalue weighted by molar-refractivity contribution is 5.48. The first-order chi connectivity index (χ1) is 12.3. The summed E-state index contributed by atoms with van der Waals surface area (Å²) < 4.78 is 11.4. The van der Waals surface area contributed by atoms with Crippen LogP contribution < -0.4 is 14.4 Å². The summed E-state index contributed by atoms with van der Waals surface area (Å²) >= 11 is 0. The molecule has 0 amide bonds. The van der Waals surface area contributed by atoms with Crippen molar-refractivity contribution in [3.05, 3.63) is 41.9 Å². The number of hydrogen-bond donors (Lipinski definition) is 0. The largest absolute Gasteiger partial charge is 0.493 e. The Morgan fingerprint density at radius 1 is 1.20 bits per heavy atom. The SMILES string of the molecule is COc1cccc2c1OC[C@H](Cc1cc(N3CCCCC3)ncn1)C2. The lowest BCUT2D eigenvalue weighted by molar-refractivity contribution is 0.210. The molecule has 0 aliphatic carbocycles. The molecule has 1 aromatic carbocycles. The van der Waals surface area contributed by atoms with E-state index in [1.807, 2.05) is 12.1 Å². The number of methoxy groups -OCH3 is 1. The molecule has 1 saturated heterocycles. The number of piperidine rings is 1. The van der Waals surface area contributed by atoms with Crippen molar-refractivity contribution in [3.8, 4) is 11.5 Å². The molecule has 0 saturated carbocycles. The van der Waals surface area contributed by atoms with E-state index in [2.05, 4.69) is 27.0 Å². The molecule has 1 atom stereocenters. The summed E-state index contributed by atoms with van der Waals surface area (Å²) in [6, 6.07) is 8.27. The quantitative estimate of drug-likeness (QED) is 0.855. The lowest BCUT2D eigenvalue weighted by Crippen LogP contribution is -2.30. The van der Waals surface area contributed by atoms with Crippen molar-refractivity contribution < 1.29 is 9.47 Å². The summed E-state index contributed by atoms with van der Waals surface area (Å²) in [5, 5.41) is 0. The molecule has 0 spiro atoms. The average Bonchev–Trinajstić information content (AvgIpc) is 2.68. The van der Waals surface area contributed by atoms with E-state index in [1.165, 1.54) is 24.8 Å². The summed E-state index contributed by atoms with van der Waals surface area (Å²) in [4.78, 5) is 11.4. The zero-order valence-electron chi connectivity index (χ0n) is 14.8. The van der Waals surface area contributed by atoms with Gasteiger partial charge in [-0.15, -0.1) is 0 Å². The molecule has 132 valence electrons. The molecule has 2 aliphatic heterocycles. The molecule has 0 unspecified atom stereocenters. The fourth-order valence-electron chi connectivity index (χ4n) is 3.84. The third kappa shape index (κ3) is 3.55. The lowest BCUT2D eigenvalue weighted by Gasteiger charge is -2.28. The second-order valence-corrected chi connectivity index (χ2v) is 6.95. The highest BCUT2D eigenvalue weighted by Gasteiger charge is 2.23. The second-order valence-electron chi connectivity index (χ2n) is 6.95. The highest BCUT2D eigenvalue weighted by atomic mass is 16.5.